The number of oxazole rings is 1. The number of hydrogen-bond acceptors (Lipinski definition) is 4. The maximum atomic E-state index is 12.3. The topological polar surface area (TPSA) is 81.2 Å². The van der Waals surface area contributed by atoms with E-state index >= 15 is 0 Å². The summed E-state index contributed by atoms with van der Waals surface area (Å²) in [5, 5.41) is 3.12. The van der Waals surface area contributed by atoms with Crippen LogP contribution in [0.2, 0.25) is 0 Å². The molecule has 5 nitrogen and oxygen atoms in total. The van der Waals surface area contributed by atoms with E-state index in [9.17, 15) is 4.79 Å². The number of hydrogen-bond donors (Lipinski definition) is 2. The Kier molecular flexibility index (Phi) is 10.6. The van der Waals surface area contributed by atoms with Crippen LogP contribution in [0.1, 0.15) is 50.0 Å². The summed E-state index contributed by atoms with van der Waals surface area (Å²) in [5.41, 5.74) is 8.10. The summed E-state index contributed by atoms with van der Waals surface area (Å²) in [6.45, 7) is 2.56. The van der Waals surface area contributed by atoms with Gasteiger partial charge in [0.1, 0.15) is 0 Å². The Morgan fingerprint density at radius 2 is 1.89 bits per heavy atom. The number of benzene rings is 1. The number of carbonyl (C=O) groups is 1. The Bertz CT molecular complexity index is 713. The molecule has 0 radical (unpaired) electrons. The van der Waals surface area contributed by atoms with Crippen LogP contribution in [-0.4, -0.2) is 23.5 Å². The highest BCUT2D eigenvalue weighted by molar-refractivity contribution is 5.85. The van der Waals surface area contributed by atoms with Crippen LogP contribution in [0.4, 0.5) is 0 Å². The predicted molar refractivity (Wildman–Crippen MR) is 117 cm³/mol. The molecule has 3 rings (SSSR count). The number of aromatic nitrogens is 1. The number of nitrogens with one attached hydrogen (secondary N) is 1. The van der Waals surface area contributed by atoms with Gasteiger partial charge in [0.05, 0.1) is 6.20 Å². The SMILES string of the molecule is Cc1ccc(-c2cnc(CCC(=O)NC(CN)C3CCCCC3)o2)cc1.Cl.Cl. The third-order valence-electron chi connectivity index (χ3n) is 5.27. The first-order chi connectivity index (χ1) is 12.7. The van der Waals surface area contributed by atoms with E-state index in [1.54, 1.807) is 6.20 Å². The van der Waals surface area contributed by atoms with Crippen LogP contribution < -0.4 is 11.1 Å². The molecule has 0 bridgehead atoms. The molecule has 1 heterocycles. The van der Waals surface area contributed by atoms with Crippen molar-refractivity contribution in [2.24, 2.45) is 11.7 Å². The van der Waals surface area contributed by atoms with Gasteiger partial charge in [-0.2, -0.15) is 0 Å². The van der Waals surface area contributed by atoms with Crippen molar-refractivity contribution in [2.75, 3.05) is 6.54 Å². The highest BCUT2D eigenvalue weighted by atomic mass is 35.5. The standard InChI is InChI=1S/C21H29N3O2.2ClH/c1-15-7-9-17(10-8-15)19-14-23-21(26-19)12-11-20(25)24-18(13-22)16-5-3-2-4-6-16;;/h7-10,14,16,18H,2-6,11-13,22H2,1H3,(H,24,25);2*1H. The average molecular weight is 428 g/mol. The van der Waals surface area contributed by atoms with Gasteiger partial charge in [0.25, 0.3) is 0 Å². The number of halogens is 2. The van der Waals surface area contributed by atoms with Crippen LogP contribution in [0.15, 0.2) is 34.9 Å². The molecule has 1 aliphatic rings. The maximum absolute atomic E-state index is 12.3. The molecule has 7 heteroatoms. The van der Waals surface area contributed by atoms with Gasteiger partial charge in [-0.15, -0.1) is 24.8 Å². The molecule has 0 saturated heterocycles. The van der Waals surface area contributed by atoms with Crippen molar-refractivity contribution in [1.82, 2.24) is 10.3 Å². The molecular formula is C21H31Cl2N3O2. The normalized spacial score (nSPS) is 15.2. The molecule has 156 valence electrons. The second-order valence-electron chi connectivity index (χ2n) is 7.29. The third kappa shape index (κ3) is 6.80. The molecule has 1 fully saturated rings. The largest absolute Gasteiger partial charge is 0.441 e. The first-order valence-corrected chi connectivity index (χ1v) is 9.67. The van der Waals surface area contributed by atoms with Gasteiger partial charge in [-0.3, -0.25) is 4.79 Å². The van der Waals surface area contributed by atoms with Gasteiger partial charge in [0.15, 0.2) is 11.7 Å². The van der Waals surface area contributed by atoms with Crippen molar-refractivity contribution >= 4 is 30.7 Å². The highest BCUT2D eigenvalue weighted by Gasteiger charge is 2.24. The van der Waals surface area contributed by atoms with Crippen molar-refractivity contribution in [1.29, 1.82) is 0 Å². The Morgan fingerprint density at radius 3 is 2.54 bits per heavy atom. The van der Waals surface area contributed by atoms with Crippen LogP contribution in [0.3, 0.4) is 0 Å². The summed E-state index contributed by atoms with van der Waals surface area (Å²) < 4.78 is 5.79. The Hall–Kier alpha value is -1.56. The summed E-state index contributed by atoms with van der Waals surface area (Å²) in [5.74, 6) is 1.88. The molecule has 1 saturated carbocycles. The van der Waals surface area contributed by atoms with E-state index in [1.807, 2.05) is 24.3 Å². The van der Waals surface area contributed by atoms with Gasteiger partial charge in [-0.1, -0.05) is 49.1 Å². The molecule has 1 unspecified atom stereocenters. The van der Waals surface area contributed by atoms with E-state index in [-0.39, 0.29) is 36.8 Å². The quantitative estimate of drug-likeness (QED) is 0.683. The summed E-state index contributed by atoms with van der Waals surface area (Å²) in [7, 11) is 0. The lowest BCUT2D eigenvalue weighted by Gasteiger charge is -2.30. The Balaban J connectivity index is 0.00000196. The van der Waals surface area contributed by atoms with Crippen molar-refractivity contribution in [2.45, 2.75) is 57.9 Å². The summed E-state index contributed by atoms with van der Waals surface area (Å²) >= 11 is 0. The van der Waals surface area contributed by atoms with Gasteiger partial charge < -0.3 is 15.5 Å². The van der Waals surface area contributed by atoms with Crippen molar-refractivity contribution in [3.63, 3.8) is 0 Å². The zero-order valence-electron chi connectivity index (χ0n) is 16.4. The van der Waals surface area contributed by atoms with E-state index in [0.717, 1.165) is 11.3 Å². The van der Waals surface area contributed by atoms with Gasteiger partial charge in [0.2, 0.25) is 5.91 Å². The van der Waals surface area contributed by atoms with Crippen molar-refractivity contribution in [3.8, 4) is 11.3 Å². The fourth-order valence-corrected chi connectivity index (χ4v) is 3.68. The minimum absolute atomic E-state index is 0. The van der Waals surface area contributed by atoms with Crippen LogP contribution in [-0.2, 0) is 11.2 Å². The summed E-state index contributed by atoms with van der Waals surface area (Å²) in [4.78, 5) is 16.6. The Morgan fingerprint density at radius 1 is 1.21 bits per heavy atom. The second-order valence-corrected chi connectivity index (χ2v) is 7.29. The van der Waals surface area contributed by atoms with Crippen molar-refractivity contribution < 1.29 is 9.21 Å². The van der Waals surface area contributed by atoms with Crippen LogP contribution in [0.5, 0.6) is 0 Å². The highest BCUT2D eigenvalue weighted by Crippen LogP contribution is 2.26. The van der Waals surface area contributed by atoms with Gasteiger partial charge in [0, 0.05) is 31.0 Å². The zero-order chi connectivity index (χ0) is 18.4. The number of amides is 1. The van der Waals surface area contributed by atoms with Crippen LogP contribution in [0.25, 0.3) is 11.3 Å². The van der Waals surface area contributed by atoms with E-state index in [2.05, 4.69) is 17.2 Å². The minimum atomic E-state index is 0. The zero-order valence-corrected chi connectivity index (χ0v) is 18.0. The molecule has 28 heavy (non-hydrogen) atoms. The lowest BCUT2D eigenvalue weighted by Crippen LogP contribution is -2.46. The van der Waals surface area contributed by atoms with E-state index in [0.29, 0.717) is 31.2 Å². The number of aryl methyl sites for hydroxylation is 2. The molecule has 2 aromatic rings. The summed E-state index contributed by atoms with van der Waals surface area (Å²) in [6.07, 6.45) is 8.72. The fraction of sp³-hybridized carbons (Fsp3) is 0.524. The lowest BCUT2D eigenvalue weighted by atomic mass is 9.84. The molecule has 1 aromatic heterocycles. The molecule has 1 amide bonds. The third-order valence-corrected chi connectivity index (χ3v) is 5.27. The first-order valence-electron chi connectivity index (χ1n) is 9.67. The molecule has 0 spiro atoms. The van der Waals surface area contributed by atoms with Crippen LogP contribution >= 0.6 is 24.8 Å². The van der Waals surface area contributed by atoms with E-state index < -0.39 is 0 Å². The molecule has 3 N–H and O–H groups in total. The number of nitrogens with two attached hydrogens (primary N) is 1. The number of nitrogens with zero attached hydrogens (tertiary/aromatic N) is 1. The first kappa shape index (κ1) is 24.5. The maximum Gasteiger partial charge on any atom is 0.220 e. The van der Waals surface area contributed by atoms with Gasteiger partial charge >= 0.3 is 0 Å². The molecule has 1 atom stereocenters. The van der Waals surface area contributed by atoms with Gasteiger partial charge in [-0.25, -0.2) is 4.98 Å². The fourth-order valence-electron chi connectivity index (χ4n) is 3.68. The number of rotatable bonds is 7. The number of carbonyl (C=O) groups excluding carboxylic acids is 1. The van der Waals surface area contributed by atoms with Crippen molar-refractivity contribution in [3.05, 3.63) is 41.9 Å². The van der Waals surface area contributed by atoms with E-state index in [4.69, 9.17) is 10.2 Å². The molecular weight excluding hydrogens is 397 g/mol. The van der Waals surface area contributed by atoms with E-state index in [1.165, 1.54) is 37.7 Å². The second kappa shape index (κ2) is 12.1. The minimum Gasteiger partial charge on any atom is -0.441 e. The monoisotopic (exact) mass is 427 g/mol. The molecule has 1 aliphatic carbocycles. The smallest absolute Gasteiger partial charge is 0.220 e. The van der Waals surface area contributed by atoms with Crippen LogP contribution in [0, 0.1) is 12.8 Å². The lowest BCUT2D eigenvalue weighted by molar-refractivity contribution is -0.122. The van der Waals surface area contributed by atoms with Gasteiger partial charge in [-0.05, 0) is 25.7 Å². The molecule has 0 aliphatic heterocycles. The summed E-state index contributed by atoms with van der Waals surface area (Å²) in [6, 6.07) is 8.22. The Labute approximate surface area is 179 Å². The average Bonchev–Trinajstić information content (AvgIpc) is 3.15. The predicted octanol–water partition coefficient (Wildman–Crippen LogP) is 4.45. The molecule has 1 aromatic carbocycles.